The van der Waals surface area contributed by atoms with Gasteiger partial charge in [0.15, 0.2) is 5.69 Å². The maximum absolute atomic E-state index is 11.4. The minimum absolute atomic E-state index is 0.137. The molecular weight excluding hydrogens is 380 g/mol. The fourth-order valence-corrected chi connectivity index (χ4v) is 2.48. The SMILES string of the molecule is CCOC(=O)c1coc(Nc2ccc(Br)cc2Br)n1. The zero-order valence-corrected chi connectivity index (χ0v) is 13.1. The Labute approximate surface area is 126 Å². The number of halogens is 2. The molecule has 1 N–H and O–H groups in total. The molecule has 100 valence electrons. The maximum Gasteiger partial charge on any atom is 0.360 e. The quantitative estimate of drug-likeness (QED) is 0.796. The lowest BCUT2D eigenvalue weighted by Gasteiger charge is -2.04. The van der Waals surface area contributed by atoms with Gasteiger partial charge in [0.2, 0.25) is 0 Å². The van der Waals surface area contributed by atoms with Crippen molar-refractivity contribution in [2.45, 2.75) is 6.92 Å². The van der Waals surface area contributed by atoms with E-state index in [0.29, 0.717) is 6.61 Å². The first-order valence-electron chi connectivity index (χ1n) is 5.45. The second-order valence-corrected chi connectivity index (χ2v) is 5.28. The van der Waals surface area contributed by atoms with Crippen LogP contribution < -0.4 is 5.32 Å². The van der Waals surface area contributed by atoms with Gasteiger partial charge in [0.05, 0.1) is 12.3 Å². The van der Waals surface area contributed by atoms with Gasteiger partial charge in [0.1, 0.15) is 6.26 Å². The van der Waals surface area contributed by atoms with Crippen LogP contribution in [0, 0.1) is 0 Å². The molecule has 0 amide bonds. The lowest BCUT2D eigenvalue weighted by atomic mass is 10.3. The number of esters is 1. The van der Waals surface area contributed by atoms with E-state index in [-0.39, 0.29) is 11.7 Å². The molecule has 0 bridgehead atoms. The fraction of sp³-hybridized carbons (Fsp3) is 0.167. The van der Waals surface area contributed by atoms with E-state index in [9.17, 15) is 4.79 Å². The summed E-state index contributed by atoms with van der Waals surface area (Å²) in [7, 11) is 0. The summed E-state index contributed by atoms with van der Waals surface area (Å²) in [6, 6.07) is 5.84. The largest absolute Gasteiger partial charge is 0.461 e. The number of nitrogens with one attached hydrogen (secondary N) is 1. The van der Waals surface area contributed by atoms with Crippen molar-refractivity contribution in [2.24, 2.45) is 0 Å². The molecule has 0 aliphatic carbocycles. The Morgan fingerprint density at radius 1 is 1.47 bits per heavy atom. The second-order valence-electron chi connectivity index (χ2n) is 3.51. The summed E-state index contributed by atoms with van der Waals surface area (Å²) in [5.41, 5.74) is 0.915. The predicted molar refractivity (Wildman–Crippen MR) is 77.6 cm³/mol. The van der Waals surface area contributed by atoms with Gasteiger partial charge >= 0.3 is 5.97 Å². The molecule has 0 radical (unpaired) electrons. The minimum atomic E-state index is -0.505. The standard InChI is InChI=1S/C12H10Br2N2O3/c1-2-18-11(17)10-6-19-12(16-10)15-9-4-3-7(13)5-8(9)14/h3-6H,2H2,1H3,(H,15,16). The van der Waals surface area contributed by atoms with Crippen molar-refractivity contribution in [3.05, 3.63) is 39.1 Å². The molecule has 19 heavy (non-hydrogen) atoms. The molecule has 0 fully saturated rings. The van der Waals surface area contributed by atoms with Gasteiger partial charge in [-0.1, -0.05) is 15.9 Å². The van der Waals surface area contributed by atoms with E-state index in [1.807, 2.05) is 18.2 Å². The van der Waals surface area contributed by atoms with Gasteiger partial charge in [0.25, 0.3) is 6.01 Å². The number of rotatable bonds is 4. The van der Waals surface area contributed by atoms with Crippen LogP contribution in [0.2, 0.25) is 0 Å². The highest BCUT2D eigenvalue weighted by Crippen LogP contribution is 2.28. The van der Waals surface area contributed by atoms with Crippen molar-refractivity contribution in [2.75, 3.05) is 11.9 Å². The van der Waals surface area contributed by atoms with E-state index in [2.05, 4.69) is 42.2 Å². The molecule has 0 unspecified atom stereocenters. The second kappa shape index (κ2) is 6.21. The van der Waals surface area contributed by atoms with Crippen LogP contribution in [0.4, 0.5) is 11.7 Å². The summed E-state index contributed by atoms with van der Waals surface area (Å²) in [5, 5.41) is 2.96. The highest BCUT2D eigenvalue weighted by atomic mass is 79.9. The van der Waals surface area contributed by atoms with Crippen molar-refractivity contribution >= 4 is 49.5 Å². The van der Waals surface area contributed by atoms with Gasteiger partial charge in [-0.2, -0.15) is 4.98 Å². The van der Waals surface area contributed by atoms with E-state index < -0.39 is 5.97 Å². The average molecular weight is 390 g/mol. The normalized spacial score (nSPS) is 10.3. The molecule has 2 aromatic rings. The lowest BCUT2D eigenvalue weighted by Crippen LogP contribution is -2.05. The highest BCUT2D eigenvalue weighted by molar-refractivity contribution is 9.11. The van der Waals surface area contributed by atoms with Gasteiger partial charge in [-0.05, 0) is 41.1 Å². The zero-order valence-electron chi connectivity index (χ0n) is 9.94. The molecule has 2 rings (SSSR count). The number of oxazole rings is 1. The first-order chi connectivity index (χ1) is 9.10. The average Bonchev–Trinajstić information content (AvgIpc) is 2.82. The third-order valence-electron chi connectivity index (χ3n) is 2.16. The van der Waals surface area contributed by atoms with Crippen LogP contribution in [0.1, 0.15) is 17.4 Å². The molecule has 1 aromatic heterocycles. The molecule has 0 atom stereocenters. The molecule has 0 saturated carbocycles. The number of carbonyl (C=O) groups is 1. The number of anilines is 2. The topological polar surface area (TPSA) is 64.4 Å². The van der Waals surface area contributed by atoms with E-state index in [0.717, 1.165) is 14.6 Å². The fourth-order valence-electron chi connectivity index (χ4n) is 1.34. The maximum atomic E-state index is 11.4. The van der Waals surface area contributed by atoms with Gasteiger partial charge in [0, 0.05) is 8.95 Å². The van der Waals surface area contributed by atoms with Gasteiger partial charge in [-0.3, -0.25) is 0 Å². The Hall–Kier alpha value is -1.34. The Bertz CT molecular complexity index is 598. The minimum Gasteiger partial charge on any atom is -0.461 e. The van der Waals surface area contributed by atoms with E-state index in [4.69, 9.17) is 9.15 Å². The van der Waals surface area contributed by atoms with Crippen LogP contribution in [0.3, 0.4) is 0 Å². The van der Waals surface area contributed by atoms with Crippen molar-refractivity contribution in [1.82, 2.24) is 4.98 Å². The number of ether oxygens (including phenoxy) is 1. The van der Waals surface area contributed by atoms with Crippen LogP contribution in [-0.2, 0) is 4.74 Å². The first-order valence-corrected chi connectivity index (χ1v) is 7.03. The molecule has 5 nitrogen and oxygen atoms in total. The van der Waals surface area contributed by atoms with Crippen molar-refractivity contribution in [3.63, 3.8) is 0 Å². The summed E-state index contributed by atoms with van der Waals surface area (Å²) in [4.78, 5) is 15.4. The third-order valence-corrected chi connectivity index (χ3v) is 3.31. The summed E-state index contributed by atoms with van der Waals surface area (Å²) in [5.74, 6) is -0.505. The number of benzene rings is 1. The first kappa shape index (κ1) is 14.1. The summed E-state index contributed by atoms with van der Waals surface area (Å²) >= 11 is 6.78. The van der Waals surface area contributed by atoms with Crippen LogP contribution >= 0.6 is 31.9 Å². The molecule has 1 heterocycles. The molecule has 7 heteroatoms. The molecular formula is C12H10Br2N2O3. The van der Waals surface area contributed by atoms with Crippen LogP contribution in [0.25, 0.3) is 0 Å². The summed E-state index contributed by atoms with van der Waals surface area (Å²) < 4.78 is 11.8. The molecule has 1 aromatic carbocycles. The van der Waals surface area contributed by atoms with E-state index in [1.165, 1.54) is 6.26 Å². The van der Waals surface area contributed by atoms with E-state index >= 15 is 0 Å². The van der Waals surface area contributed by atoms with Crippen molar-refractivity contribution < 1.29 is 13.9 Å². The summed E-state index contributed by atoms with van der Waals surface area (Å²) in [6.45, 7) is 2.03. The summed E-state index contributed by atoms with van der Waals surface area (Å²) in [6.07, 6.45) is 1.26. The van der Waals surface area contributed by atoms with Crippen LogP contribution in [-0.4, -0.2) is 17.6 Å². The molecule has 0 aliphatic rings. The smallest absolute Gasteiger partial charge is 0.360 e. The number of hydrogen-bond donors (Lipinski definition) is 1. The van der Waals surface area contributed by atoms with E-state index in [1.54, 1.807) is 6.92 Å². The Balaban J connectivity index is 2.13. The van der Waals surface area contributed by atoms with Crippen LogP contribution in [0.5, 0.6) is 0 Å². The van der Waals surface area contributed by atoms with Gasteiger partial charge in [-0.15, -0.1) is 0 Å². The molecule has 0 spiro atoms. The monoisotopic (exact) mass is 388 g/mol. The van der Waals surface area contributed by atoms with Crippen LogP contribution in [0.15, 0.2) is 37.8 Å². The highest BCUT2D eigenvalue weighted by Gasteiger charge is 2.13. The Morgan fingerprint density at radius 2 is 2.26 bits per heavy atom. The Morgan fingerprint density at radius 3 is 2.95 bits per heavy atom. The number of aromatic nitrogens is 1. The molecule has 0 saturated heterocycles. The third kappa shape index (κ3) is 3.57. The Kier molecular flexibility index (Phi) is 4.60. The number of hydrogen-bond acceptors (Lipinski definition) is 5. The predicted octanol–water partition coefficient (Wildman–Crippen LogP) is 4.12. The molecule has 0 aliphatic heterocycles. The van der Waals surface area contributed by atoms with Gasteiger partial charge < -0.3 is 14.5 Å². The lowest BCUT2D eigenvalue weighted by molar-refractivity contribution is 0.0519. The van der Waals surface area contributed by atoms with Crippen molar-refractivity contribution in [1.29, 1.82) is 0 Å². The van der Waals surface area contributed by atoms with Gasteiger partial charge in [-0.25, -0.2) is 4.79 Å². The number of carbonyl (C=O) groups excluding carboxylic acids is 1. The van der Waals surface area contributed by atoms with Crippen molar-refractivity contribution in [3.8, 4) is 0 Å². The number of nitrogens with zero attached hydrogens (tertiary/aromatic N) is 1. The zero-order chi connectivity index (χ0) is 13.8.